The largest absolute Gasteiger partial charge is 0.508 e. The number of aliphatic hydroxyl groups is 1. The highest BCUT2D eigenvalue weighted by molar-refractivity contribution is 6.32. The Balaban J connectivity index is 2.16. The minimum atomic E-state index is -0.758. The fraction of sp³-hybridized carbons (Fsp3) is 0.312. The number of carbonyl (C=O) groups excluding carboxylic acids is 2. The molecule has 1 aromatic rings. The number of halogens is 1. The minimum Gasteiger partial charge on any atom is -0.508 e. The second kappa shape index (κ2) is 7.35. The SMILES string of the molecule is CC(=N)/C(C(C)=O)=C(/O)COC(=O)c1cc(Cl)c2c(c1)OCCO2. The van der Waals surface area contributed by atoms with Gasteiger partial charge >= 0.3 is 5.97 Å². The third-order valence-electron chi connectivity index (χ3n) is 3.19. The van der Waals surface area contributed by atoms with Gasteiger partial charge in [0.25, 0.3) is 0 Å². The molecular formula is C16H16ClNO6. The molecular weight excluding hydrogens is 338 g/mol. The van der Waals surface area contributed by atoms with Crippen molar-refractivity contribution >= 4 is 29.1 Å². The maximum atomic E-state index is 12.1. The molecule has 1 heterocycles. The minimum absolute atomic E-state index is 0.113. The number of carbonyl (C=O) groups is 2. The zero-order valence-electron chi connectivity index (χ0n) is 13.1. The Hall–Kier alpha value is -2.54. The summed E-state index contributed by atoms with van der Waals surface area (Å²) in [5.41, 5.74) is -0.172. The summed E-state index contributed by atoms with van der Waals surface area (Å²) in [6.45, 7) is 2.75. The van der Waals surface area contributed by atoms with Crippen molar-refractivity contribution in [3.8, 4) is 11.5 Å². The molecule has 0 saturated heterocycles. The lowest BCUT2D eigenvalue weighted by Crippen LogP contribution is -2.17. The lowest BCUT2D eigenvalue weighted by Gasteiger charge is -2.20. The molecule has 0 spiro atoms. The molecule has 24 heavy (non-hydrogen) atoms. The number of aliphatic hydroxyl groups excluding tert-OH is 1. The average molecular weight is 354 g/mol. The van der Waals surface area contributed by atoms with Crippen molar-refractivity contribution in [3.05, 3.63) is 34.1 Å². The average Bonchev–Trinajstić information content (AvgIpc) is 2.51. The van der Waals surface area contributed by atoms with Crippen molar-refractivity contribution in [1.82, 2.24) is 0 Å². The Morgan fingerprint density at radius 2 is 1.96 bits per heavy atom. The van der Waals surface area contributed by atoms with Crippen molar-refractivity contribution in [2.75, 3.05) is 19.8 Å². The molecule has 128 valence electrons. The molecule has 0 fully saturated rings. The van der Waals surface area contributed by atoms with Crippen LogP contribution in [0.4, 0.5) is 0 Å². The summed E-state index contributed by atoms with van der Waals surface area (Å²) in [6, 6.07) is 2.79. The predicted molar refractivity (Wildman–Crippen MR) is 86.5 cm³/mol. The molecule has 1 aromatic carbocycles. The van der Waals surface area contributed by atoms with Gasteiger partial charge in [0.05, 0.1) is 16.2 Å². The molecule has 2 rings (SSSR count). The monoisotopic (exact) mass is 353 g/mol. The lowest BCUT2D eigenvalue weighted by molar-refractivity contribution is -0.113. The maximum absolute atomic E-state index is 12.1. The topological polar surface area (TPSA) is 106 Å². The molecule has 7 nitrogen and oxygen atoms in total. The highest BCUT2D eigenvalue weighted by Gasteiger charge is 2.21. The number of ketones is 1. The smallest absolute Gasteiger partial charge is 0.338 e. The zero-order chi connectivity index (χ0) is 17.9. The van der Waals surface area contributed by atoms with Crippen LogP contribution in [-0.4, -0.2) is 42.4 Å². The van der Waals surface area contributed by atoms with Gasteiger partial charge in [-0.2, -0.15) is 0 Å². The number of benzene rings is 1. The zero-order valence-corrected chi connectivity index (χ0v) is 13.9. The van der Waals surface area contributed by atoms with Gasteiger partial charge < -0.3 is 24.7 Å². The van der Waals surface area contributed by atoms with E-state index in [0.717, 1.165) is 0 Å². The quantitative estimate of drug-likeness (QED) is 0.365. The molecule has 0 bridgehead atoms. The molecule has 0 aromatic heterocycles. The number of Topliss-reactive ketones (excluding diaryl/α,β-unsaturated/α-hetero) is 1. The van der Waals surface area contributed by atoms with E-state index < -0.39 is 24.1 Å². The first-order valence-corrected chi connectivity index (χ1v) is 7.44. The summed E-state index contributed by atoms with van der Waals surface area (Å²) in [6.07, 6.45) is 0. The highest BCUT2D eigenvalue weighted by atomic mass is 35.5. The van der Waals surface area contributed by atoms with Crippen LogP contribution in [0.1, 0.15) is 24.2 Å². The van der Waals surface area contributed by atoms with Gasteiger partial charge in [-0.3, -0.25) is 4.79 Å². The number of esters is 1. The molecule has 0 aliphatic carbocycles. The van der Waals surface area contributed by atoms with Gasteiger partial charge in [-0.15, -0.1) is 0 Å². The second-order valence-corrected chi connectivity index (χ2v) is 5.47. The highest BCUT2D eigenvalue weighted by Crippen LogP contribution is 2.38. The third-order valence-corrected chi connectivity index (χ3v) is 3.47. The first-order valence-electron chi connectivity index (χ1n) is 7.06. The molecule has 0 amide bonds. The fourth-order valence-electron chi connectivity index (χ4n) is 2.20. The van der Waals surface area contributed by atoms with E-state index in [-0.39, 0.29) is 21.9 Å². The van der Waals surface area contributed by atoms with E-state index >= 15 is 0 Å². The van der Waals surface area contributed by atoms with Crippen molar-refractivity contribution in [2.45, 2.75) is 13.8 Å². The summed E-state index contributed by atoms with van der Waals surface area (Å²) in [5.74, 6) is -1.03. The first-order chi connectivity index (χ1) is 11.3. The molecule has 0 atom stereocenters. The van der Waals surface area contributed by atoms with Crippen LogP contribution in [0, 0.1) is 5.41 Å². The maximum Gasteiger partial charge on any atom is 0.338 e. The number of fused-ring (bicyclic) bond motifs is 1. The van der Waals surface area contributed by atoms with Gasteiger partial charge in [0.1, 0.15) is 25.6 Å². The number of hydrogen-bond acceptors (Lipinski definition) is 7. The van der Waals surface area contributed by atoms with Crippen molar-refractivity contribution < 1.29 is 28.9 Å². The first kappa shape index (κ1) is 17.8. The van der Waals surface area contributed by atoms with E-state index in [9.17, 15) is 14.7 Å². The van der Waals surface area contributed by atoms with E-state index in [1.807, 2.05) is 0 Å². The Kier molecular flexibility index (Phi) is 5.46. The van der Waals surface area contributed by atoms with Crippen LogP contribution in [-0.2, 0) is 9.53 Å². The van der Waals surface area contributed by atoms with E-state index in [0.29, 0.717) is 24.7 Å². The standard InChI is InChI=1S/C16H16ClNO6/c1-8(18)14(9(2)19)12(20)7-24-16(21)10-5-11(17)15-13(6-10)22-3-4-23-15/h5-6,18,20H,3-4,7H2,1-2H3/b14-12-,18-8?. The van der Waals surface area contributed by atoms with Gasteiger partial charge in [-0.1, -0.05) is 11.6 Å². The summed E-state index contributed by atoms with van der Waals surface area (Å²) >= 11 is 6.04. The van der Waals surface area contributed by atoms with Gasteiger partial charge in [0.2, 0.25) is 0 Å². The van der Waals surface area contributed by atoms with E-state index in [4.69, 9.17) is 31.2 Å². The molecule has 0 unspecified atom stereocenters. The number of allylic oxidation sites excluding steroid dienone is 1. The predicted octanol–water partition coefficient (Wildman–Crippen LogP) is 2.71. The summed E-state index contributed by atoms with van der Waals surface area (Å²) in [4.78, 5) is 23.5. The Morgan fingerprint density at radius 1 is 1.29 bits per heavy atom. The molecule has 1 aliphatic heterocycles. The molecule has 2 N–H and O–H groups in total. The number of ether oxygens (including phenoxy) is 3. The summed E-state index contributed by atoms with van der Waals surface area (Å²) < 4.78 is 15.7. The number of rotatable bonds is 5. The third kappa shape index (κ3) is 3.86. The van der Waals surface area contributed by atoms with Crippen LogP contribution < -0.4 is 9.47 Å². The Morgan fingerprint density at radius 3 is 2.58 bits per heavy atom. The molecule has 0 radical (unpaired) electrons. The van der Waals surface area contributed by atoms with E-state index in [1.54, 1.807) is 0 Å². The number of nitrogens with one attached hydrogen (secondary N) is 1. The van der Waals surface area contributed by atoms with Crippen LogP contribution >= 0.6 is 11.6 Å². The normalized spacial score (nSPS) is 13.8. The second-order valence-electron chi connectivity index (χ2n) is 5.06. The van der Waals surface area contributed by atoms with Crippen molar-refractivity contribution in [2.24, 2.45) is 0 Å². The molecule has 0 saturated carbocycles. The molecule has 1 aliphatic rings. The van der Waals surface area contributed by atoms with Crippen LogP contribution in [0.3, 0.4) is 0 Å². The van der Waals surface area contributed by atoms with Crippen molar-refractivity contribution in [3.63, 3.8) is 0 Å². The van der Waals surface area contributed by atoms with E-state index in [2.05, 4.69) is 0 Å². The summed E-state index contributed by atoms with van der Waals surface area (Å²) in [5, 5.41) is 17.5. The Labute approximate surface area is 143 Å². The summed E-state index contributed by atoms with van der Waals surface area (Å²) in [7, 11) is 0. The van der Waals surface area contributed by atoms with Gasteiger partial charge in [0.15, 0.2) is 17.3 Å². The van der Waals surface area contributed by atoms with Gasteiger partial charge in [-0.25, -0.2) is 4.79 Å². The molecule has 8 heteroatoms. The van der Waals surface area contributed by atoms with Gasteiger partial charge in [-0.05, 0) is 26.0 Å². The van der Waals surface area contributed by atoms with Crippen LogP contribution in [0.25, 0.3) is 0 Å². The van der Waals surface area contributed by atoms with E-state index in [1.165, 1.54) is 26.0 Å². The fourth-order valence-corrected chi connectivity index (χ4v) is 2.47. The number of hydrogen-bond donors (Lipinski definition) is 2. The lowest BCUT2D eigenvalue weighted by atomic mass is 10.1. The Bertz CT molecular complexity index is 724. The van der Waals surface area contributed by atoms with Crippen LogP contribution in [0.15, 0.2) is 23.5 Å². The van der Waals surface area contributed by atoms with Crippen molar-refractivity contribution in [1.29, 1.82) is 5.41 Å². The van der Waals surface area contributed by atoms with Gasteiger partial charge in [0, 0.05) is 5.71 Å². The van der Waals surface area contributed by atoms with Crippen LogP contribution in [0.5, 0.6) is 11.5 Å². The van der Waals surface area contributed by atoms with Crippen LogP contribution in [0.2, 0.25) is 5.02 Å².